The molecule has 0 aliphatic heterocycles. The normalized spacial score (nSPS) is 10.4. The predicted molar refractivity (Wildman–Crippen MR) is 114 cm³/mol. The van der Waals surface area contributed by atoms with Crippen LogP contribution in [0.1, 0.15) is 27.0 Å². The molecule has 0 spiro atoms. The summed E-state index contributed by atoms with van der Waals surface area (Å²) >= 11 is 8.35. The first-order valence-electron chi connectivity index (χ1n) is 8.54. The second-order valence-corrected chi connectivity index (χ2v) is 7.95. The van der Waals surface area contributed by atoms with Crippen molar-refractivity contribution in [3.05, 3.63) is 62.6 Å². The van der Waals surface area contributed by atoms with Gasteiger partial charge in [0.05, 0.1) is 6.61 Å². The number of esters is 2. The van der Waals surface area contributed by atoms with Gasteiger partial charge in [-0.15, -0.1) is 22.7 Å². The van der Waals surface area contributed by atoms with Crippen LogP contribution in [0.5, 0.6) is 0 Å². The molecule has 0 unspecified atom stereocenters. The molecule has 1 N–H and O–H groups in total. The molecule has 1 aromatic carbocycles. The Morgan fingerprint density at radius 3 is 2.45 bits per heavy atom. The van der Waals surface area contributed by atoms with Crippen LogP contribution < -0.4 is 5.32 Å². The van der Waals surface area contributed by atoms with Crippen molar-refractivity contribution in [3.8, 4) is 11.1 Å². The Bertz CT molecular complexity index is 1010. The number of ether oxygens (including phenoxy) is 2. The zero-order chi connectivity index (χ0) is 20.8. The van der Waals surface area contributed by atoms with Gasteiger partial charge in [0.15, 0.2) is 6.61 Å². The zero-order valence-corrected chi connectivity index (χ0v) is 17.7. The van der Waals surface area contributed by atoms with E-state index >= 15 is 0 Å². The highest BCUT2D eigenvalue weighted by atomic mass is 35.5. The molecule has 0 radical (unpaired) electrons. The van der Waals surface area contributed by atoms with Gasteiger partial charge in [-0.05, 0) is 36.1 Å². The molecule has 2 heterocycles. The van der Waals surface area contributed by atoms with Crippen LogP contribution in [0.4, 0.5) is 5.00 Å². The third-order valence-corrected chi connectivity index (χ3v) is 5.73. The Labute approximate surface area is 180 Å². The molecule has 0 fully saturated rings. The van der Waals surface area contributed by atoms with Crippen molar-refractivity contribution in [3.63, 3.8) is 0 Å². The summed E-state index contributed by atoms with van der Waals surface area (Å²) in [6.07, 6.45) is 0. The van der Waals surface area contributed by atoms with Gasteiger partial charge in [0.25, 0.3) is 5.91 Å². The van der Waals surface area contributed by atoms with Gasteiger partial charge in [0.1, 0.15) is 15.4 Å². The lowest BCUT2D eigenvalue weighted by Crippen LogP contribution is -2.21. The van der Waals surface area contributed by atoms with Crippen LogP contribution in [0.15, 0.2) is 47.2 Å². The molecule has 3 aromatic rings. The van der Waals surface area contributed by atoms with Crippen molar-refractivity contribution in [1.82, 2.24) is 0 Å². The highest BCUT2D eigenvalue weighted by Crippen LogP contribution is 2.36. The number of anilines is 1. The summed E-state index contributed by atoms with van der Waals surface area (Å²) in [6, 6.07) is 10.3. The van der Waals surface area contributed by atoms with Crippen LogP contribution in [-0.4, -0.2) is 31.1 Å². The molecular formula is C20H16ClNO5S2. The Balaban J connectivity index is 1.77. The molecule has 1 amide bonds. The van der Waals surface area contributed by atoms with E-state index in [1.807, 2.05) is 0 Å². The SMILES string of the molecule is CCOC(=O)c1c(-c2ccc(Cl)cc2)csc1NC(=O)COC(=O)c1cccs1. The molecule has 0 aliphatic carbocycles. The third kappa shape index (κ3) is 5.23. The first-order chi connectivity index (χ1) is 14.0. The molecule has 3 rings (SSSR count). The van der Waals surface area contributed by atoms with Gasteiger partial charge >= 0.3 is 11.9 Å². The molecule has 0 saturated carbocycles. The number of carbonyl (C=O) groups excluding carboxylic acids is 3. The summed E-state index contributed by atoms with van der Waals surface area (Å²) in [4.78, 5) is 37.0. The van der Waals surface area contributed by atoms with Crippen LogP contribution >= 0.6 is 34.3 Å². The van der Waals surface area contributed by atoms with Gasteiger partial charge in [-0.1, -0.05) is 29.8 Å². The maximum Gasteiger partial charge on any atom is 0.348 e. The van der Waals surface area contributed by atoms with Gasteiger partial charge < -0.3 is 14.8 Å². The number of rotatable bonds is 7. The predicted octanol–water partition coefficient (Wildman–Crippen LogP) is 5.10. The van der Waals surface area contributed by atoms with Crippen LogP contribution in [0, 0.1) is 0 Å². The summed E-state index contributed by atoms with van der Waals surface area (Å²) in [5, 5.41) is 7.02. The lowest BCUT2D eigenvalue weighted by atomic mass is 10.0. The zero-order valence-electron chi connectivity index (χ0n) is 15.3. The van der Waals surface area contributed by atoms with Gasteiger partial charge in [0, 0.05) is 16.0 Å². The van der Waals surface area contributed by atoms with Crippen molar-refractivity contribution in [1.29, 1.82) is 0 Å². The highest BCUT2D eigenvalue weighted by Gasteiger charge is 2.23. The lowest BCUT2D eigenvalue weighted by Gasteiger charge is -2.09. The van der Waals surface area contributed by atoms with E-state index < -0.39 is 24.5 Å². The van der Waals surface area contributed by atoms with Crippen LogP contribution in [0.3, 0.4) is 0 Å². The molecule has 150 valence electrons. The van der Waals surface area contributed by atoms with Crippen molar-refractivity contribution in [2.45, 2.75) is 6.92 Å². The quantitative estimate of drug-likeness (QED) is 0.507. The highest BCUT2D eigenvalue weighted by molar-refractivity contribution is 7.15. The van der Waals surface area contributed by atoms with Crippen molar-refractivity contribution >= 4 is 57.1 Å². The van der Waals surface area contributed by atoms with Crippen molar-refractivity contribution < 1.29 is 23.9 Å². The number of hydrogen-bond acceptors (Lipinski definition) is 7. The first-order valence-corrected chi connectivity index (χ1v) is 10.7. The van der Waals surface area contributed by atoms with E-state index in [2.05, 4.69) is 5.32 Å². The second-order valence-electron chi connectivity index (χ2n) is 5.68. The van der Waals surface area contributed by atoms with E-state index in [1.54, 1.807) is 54.1 Å². The third-order valence-electron chi connectivity index (χ3n) is 3.74. The number of amides is 1. The van der Waals surface area contributed by atoms with E-state index in [1.165, 1.54) is 22.7 Å². The maximum absolute atomic E-state index is 12.5. The standard InChI is InChI=1S/C20H16ClNO5S2/c1-2-26-20(25)17-14(12-5-7-13(21)8-6-12)11-29-18(17)22-16(23)10-27-19(24)15-4-3-9-28-15/h3-9,11H,2,10H2,1H3,(H,22,23). The number of carbonyl (C=O) groups is 3. The lowest BCUT2D eigenvalue weighted by molar-refractivity contribution is -0.119. The Morgan fingerprint density at radius 1 is 1.03 bits per heavy atom. The van der Waals surface area contributed by atoms with E-state index in [0.29, 0.717) is 20.5 Å². The minimum atomic E-state index is -0.575. The summed E-state index contributed by atoms with van der Waals surface area (Å²) in [7, 11) is 0. The minimum Gasteiger partial charge on any atom is -0.462 e. The first kappa shape index (κ1) is 21.0. The molecule has 0 aliphatic rings. The van der Waals surface area contributed by atoms with Crippen molar-refractivity contribution in [2.75, 3.05) is 18.5 Å². The Kier molecular flexibility index (Phi) is 7.03. The Morgan fingerprint density at radius 2 is 1.79 bits per heavy atom. The van der Waals surface area contributed by atoms with Gasteiger partial charge in [-0.3, -0.25) is 4.79 Å². The summed E-state index contributed by atoms with van der Waals surface area (Å²) < 4.78 is 10.2. The second kappa shape index (κ2) is 9.69. The molecule has 6 nitrogen and oxygen atoms in total. The summed E-state index contributed by atoms with van der Waals surface area (Å²) in [5.74, 6) is -1.68. The maximum atomic E-state index is 12.5. The van der Waals surface area contributed by atoms with Crippen molar-refractivity contribution in [2.24, 2.45) is 0 Å². The molecule has 0 saturated heterocycles. The van der Waals surface area contributed by atoms with Crippen LogP contribution in [-0.2, 0) is 14.3 Å². The van der Waals surface area contributed by atoms with E-state index in [9.17, 15) is 14.4 Å². The van der Waals surface area contributed by atoms with E-state index in [0.717, 1.165) is 5.56 Å². The monoisotopic (exact) mass is 449 g/mol. The fourth-order valence-electron chi connectivity index (χ4n) is 2.46. The largest absolute Gasteiger partial charge is 0.462 e. The number of halogens is 1. The topological polar surface area (TPSA) is 81.7 Å². The summed E-state index contributed by atoms with van der Waals surface area (Å²) in [6.45, 7) is 1.43. The van der Waals surface area contributed by atoms with E-state index in [-0.39, 0.29) is 12.2 Å². The number of benzene rings is 1. The molecule has 29 heavy (non-hydrogen) atoms. The average molecular weight is 450 g/mol. The van der Waals surface area contributed by atoms with E-state index in [4.69, 9.17) is 21.1 Å². The fourth-order valence-corrected chi connectivity index (χ4v) is 4.17. The minimum absolute atomic E-state index is 0.195. The number of nitrogens with one attached hydrogen (secondary N) is 1. The Hall–Kier alpha value is -2.68. The average Bonchev–Trinajstić information content (AvgIpc) is 3.37. The molecule has 0 bridgehead atoms. The smallest absolute Gasteiger partial charge is 0.348 e. The molecule has 0 atom stereocenters. The van der Waals surface area contributed by atoms with Crippen LogP contribution in [0.2, 0.25) is 5.02 Å². The van der Waals surface area contributed by atoms with Gasteiger partial charge in [-0.25, -0.2) is 9.59 Å². The van der Waals surface area contributed by atoms with Gasteiger partial charge in [0.2, 0.25) is 0 Å². The molecule has 2 aromatic heterocycles. The molecular weight excluding hydrogens is 434 g/mol. The molecule has 9 heteroatoms. The fraction of sp³-hybridized carbons (Fsp3) is 0.150. The summed E-state index contributed by atoms with van der Waals surface area (Å²) in [5.41, 5.74) is 1.63. The number of hydrogen-bond donors (Lipinski definition) is 1. The van der Waals surface area contributed by atoms with Gasteiger partial charge in [-0.2, -0.15) is 0 Å². The number of thiophene rings is 2. The van der Waals surface area contributed by atoms with Crippen LogP contribution in [0.25, 0.3) is 11.1 Å².